The molecule has 0 rings (SSSR count). The van der Waals surface area contributed by atoms with E-state index in [1.165, 1.54) is 6.92 Å². The number of aliphatic carboxylic acids is 1. The first kappa shape index (κ1) is 13.9. The van der Waals surface area contributed by atoms with E-state index in [2.05, 4.69) is 0 Å². The number of carbonyl (C=O) groups excluding carboxylic acids is 1. The van der Waals surface area contributed by atoms with Crippen LogP contribution in [0, 0.1) is 5.41 Å². The number of carbonyl (C=O) groups is 2. The van der Waals surface area contributed by atoms with Crippen LogP contribution >= 0.6 is 0 Å². The molecule has 0 aromatic rings. The summed E-state index contributed by atoms with van der Waals surface area (Å²) in [6, 6.07) is 0. The van der Waals surface area contributed by atoms with Crippen LogP contribution in [0.3, 0.4) is 0 Å². The molecule has 0 aromatic carbocycles. The van der Waals surface area contributed by atoms with Crippen molar-refractivity contribution >= 4 is 11.9 Å². The molecule has 0 fully saturated rings. The third-order valence-electron chi connectivity index (χ3n) is 2.40. The van der Waals surface area contributed by atoms with Gasteiger partial charge in [-0.1, -0.05) is 13.3 Å². The Hall–Kier alpha value is -1.10. The first-order chi connectivity index (χ1) is 6.95. The smallest absolute Gasteiger partial charge is 0.318 e. The summed E-state index contributed by atoms with van der Waals surface area (Å²) in [6.45, 7) is 4.19. The summed E-state index contributed by atoms with van der Waals surface area (Å²) >= 11 is 0. The van der Waals surface area contributed by atoms with E-state index in [-0.39, 0.29) is 13.0 Å². The van der Waals surface area contributed by atoms with Gasteiger partial charge in [0.15, 0.2) is 0 Å². The molecular weight excluding hydrogens is 198 g/mol. The molecule has 0 saturated carbocycles. The van der Waals surface area contributed by atoms with E-state index in [4.69, 9.17) is 15.6 Å². The van der Waals surface area contributed by atoms with E-state index in [0.29, 0.717) is 6.61 Å². The van der Waals surface area contributed by atoms with E-state index in [0.717, 1.165) is 12.8 Å². The predicted molar refractivity (Wildman–Crippen MR) is 55.3 cm³/mol. The molecule has 0 heterocycles. The zero-order chi connectivity index (χ0) is 11.9. The molecule has 1 unspecified atom stereocenters. The second kappa shape index (κ2) is 6.40. The van der Waals surface area contributed by atoms with Gasteiger partial charge in [-0.15, -0.1) is 0 Å². The van der Waals surface area contributed by atoms with Crippen LogP contribution in [0.4, 0.5) is 0 Å². The standard InChI is InChI=1S/C10H19NO4/c1-3-4-6-15-7-5-10(2,8(11)12)9(13)14/h3-7H2,1-2H3,(H2,11,12)(H,13,14). The van der Waals surface area contributed by atoms with Crippen molar-refractivity contribution < 1.29 is 19.4 Å². The van der Waals surface area contributed by atoms with Gasteiger partial charge >= 0.3 is 5.97 Å². The maximum absolute atomic E-state index is 11.0. The lowest BCUT2D eigenvalue weighted by Crippen LogP contribution is -2.42. The van der Waals surface area contributed by atoms with Crippen LogP contribution in [0.5, 0.6) is 0 Å². The van der Waals surface area contributed by atoms with Crippen LogP contribution in [-0.2, 0) is 14.3 Å². The minimum absolute atomic E-state index is 0.112. The van der Waals surface area contributed by atoms with Crippen molar-refractivity contribution in [3.05, 3.63) is 0 Å². The van der Waals surface area contributed by atoms with Gasteiger partial charge in [0.25, 0.3) is 0 Å². The van der Waals surface area contributed by atoms with Crippen molar-refractivity contribution in [2.24, 2.45) is 11.1 Å². The molecule has 88 valence electrons. The lowest BCUT2D eigenvalue weighted by atomic mass is 9.86. The highest BCUT2D eigenvalue weighted by molar-refractivity contribution is 6.00. The van der Waals surface area contributed by atoms with Gasteiger partial charge in [-0.25, -0.2) is 0 Å². The average molecular weight is 217 g/mol. The number of unbranched alkanes of at least 4 members (excludes halogenated alkanes) is 1. The fraction of sp³-hybridized carbons (Fsp3) is 0.800. The Kier molecular flexibility index (Phi) is 5.93. The van der Waals surface area contributed by atoms with Crippen molar-refractivity contribution in [2.45, 2.75) is 33.1 Å². The first-order valence-corrected chi connectivity index (χ1v) is 5.06. The third kappa shape index (κ3) is 4.29. The molecule has 15 heavy (non-hydrogen) atoms. The van der Waals surface area contributed by atoms with E-state index < -0.39 is 17.3 Å². The summed E-state index contributed by atoms with van der Waals surface area (Å²) in [6.07, 6.45) is 2.06. The number of carboxylic acid groups (broad SMARTS) is 1. The van der Waals surface area contributed by atoms with Gasteiger partial charge in [-0.05, 0) is 19.8 Å². The molecule has 0 spiro atoms. The summed E-state index contributed by atoms with van der Waals surface area (Å²) in [5.74, 6) is -2.02. The van der Waals surface area contributed by atoms with Gasteiger partial charge in [0.05, 0.1) is 0 Å². The van der Waals surface area contributed by atoms with E-state index in [9.17, 15) is 9.59 Å². The number of primary amides is 1. The molecule has 0 aliphatic heterocycles. The minimum Gasteiger partial charge on any atom is -0.480 e. The minimum atomic E-state index is -1.52. The highest BCUT2D eigenvalue weighted by Gasteiger charge is 2.39. The Morgan fingerprint density at radius 2 is 2.00 bits per heavy atom. The largest absolute Gasteiger partial charge is 0.480 e. The molecule has 0 aliphatic carbocycles. The summed E-state index contributed by atoms with van der Waals surface area (Å²) in [5.41, 5.74) is 3.52. The Morgan fingerprint density at radius 1 is 1.40 bits per heavy atom. The number of ether oxygens (including phenoxy) is 1. The fourth-order valence-electron chi connectivity index (χ4n) is 0.960. The van der Waals surface area contributed by atoms with Gasteiger partial charge in [-0.2, -0.15) is 0 Å². The lowest BCUT2D eigenvalue weighted by molar-refractivity contribution is -0.154. The van der Waals surface area contributed by atoms with Crippen LogP contribution in [0.2, 0.25) is 0 Å². The molecule has 3 N–H and O–H groups in total. The SMILES string of the molecule is CCCCOCCC(C)(C(N)=O)C(=O)O. The summed E-state index contributed by atoms with van der Waals surface area (Å²) < 4.78 is 5.20. The van der Waals surface area contributed by atoms with Crippen LogP contribution in [-0.4, -0.2) is 30.2 Å². The molecule has 0 aliphatic rings. The molecule has 5 heteroatoms. The van der Waals surface area contributed by atoms with Gasteiger partial charge < -0.3 is 15.6 Å². The molecular formula is C10H19NO4. The van der Waals surface area contributed by atoms with Crippen LogP contribution in [0.25, 0.3) is 0 Å². The van der Waals surface area contributed by atoms with Gasteiger partial charge in [0, 0.05) is 13.2 Å². The monoisotopic (exact) mass is 217 g/mol. The van der Waals surface area contributed by atoms with Crippen LogP contribution in [0.1, 0.15) is 33.1 Å². The highest BCUT2D eigenvalue weighted by atomic mass is 16.5. The van der Waals surface area contributed by atoms with Crippen molar-refractivity contribution in [3.63, 3.8) is 0 Å². The second-order valence-electron chi connectivity index (χ2n) is 3.72. The summed E-state index contributed by atoms with van der Waals surface area (Å²) in [4.78, 5) is 21.8. The summed E-state index contributed by atoms with van der Waals surface area (Å²) in [5, 5.41) is 8.85. The molecule has 0 saturated heterocycles. The van der Waals surface area contributed by atoms with E-state index >= 15 is 0 Å². The van der Waals surface area contributed by atoms with Gasteiger partial charge in [0.2, 0.25) is 5.91 Å². The normalized spacial score (nSPS) is 14.5. The first-order valence-electron chi connectivity index (χ1n) is 5.06. The molecule has 0 radical (unpaired) electrons. The number of hydrogen-bond donors (Lipinski definition) is 2. The zero-order valence-corrected chi connectivity index (χ0v) is 9.28. The lowest BCUT2D eigenvalue weighted by Gasteiger charge is -2.20. The van der Waals surface area contributed by atoms with Crippen molar-refractivity contribution in [1.82, 2.24) is 0 Å². The Morgan fingerprint density at radius 3 is 2.40 bits per heavy atom. The van der Waals surface area contributed by atoms with E-state index in [1.54, 1.807) is 0 Å². The zero-order valence-electron chi connectivity index (χ0n) is 9.28. The number of amides is 1. The Bertz CT molecular complexity index is 213. The molecule has 0 bridgehead atoms. The summed E-state index contributed by atoms with van der Waals surface area (Å²) in [7, 11) is 0. The maximum Gasteiger partial charge on any atom is 0.318 e. The molecule has 1 atom stereocenters. The Balaban J connectivity index is 3.99. The predicted octanol–water partition coefficient (Wildman–Crippen LogP) is 0.769. The van der Waals surface area contributed by atoms with Crippen molar-refractivity contribution in [1.29, 1.82) is 0 Å². The fourth-order valence-corrected chi connectivity index (χ4v) is 0.960. The van der Waals surface area contributed by atoms with Gasteiger partial charge in [0.1, 0.15) is 5.41 Å². The molecule has 5 nitrogen and oxygen atoms in total. The number of rotatable bonds is 8. The van der Waals surface area contributed by atoms with E-state index in [1.807, 2.05) is 6.92 Å². The van der Waals surface area contributed by atoms with Crippen molar-refractivity contribution in [3.8, 4) is 0 Å². The van der Waals surface area contributed by atoms with Crippen LogP contribution < -0.4 is 5.73 Å². The average Bonchev–Trinajstić information content (AvgIpc) is 2.16. The van der Waals surface area contributed by atoms with Crippen LogP contribution in [0.15, 0.2) is 0 Å². The second-order valence-corrected chi connectivity index (χ2v) is 3.72. The van der Waals surface area contributed by atoms with Gasteiger partial charge in [-0.3, -0.25) is 9.59 Å². The molecule has 1 amide bonds. The topological polar surface area (TPSA) is 89.6 Å². The molecule has 0 aromatic heterocycles. The van der Waals surface area contributed by atoms with Crippen molar-refractivity contribution in [2.75, 3.05) is 13.2 Å². The number of carboxylic acids is 1. The Labute approximate surface area is 89.6 Å². The maximum atomic E-state index is 11.0. The third-order valence-corrected chi connectivity index (χ3v) is 2.40. The number of hydrogen-bond acceptors (Lipinski definition) is 3. The highest BCUT2D eigenvalue weighted by Crippen LogP contribution is 2.21. The quantitative estimate of drug-likeness (QED) is 0.464. The number of nitrogens with two attached hydrogens (primary N) is 1.